The summed E-state index contributed by atoms with van der Waals surface area (Å²) in [7, 11) is 4.08. The largest absolute Gasteiger partial charge is 0.360 e. The Hall–Kier alpha value is -1.40. The fraction of sp³-hybridized carbons (Fsp3) is 0.538. The van der Waals surface area contributed by atoms with Gasteiger partial charge in [0.2, 0.25) is 0 Å². The van der Waals surface area contributed by atoms with Gasteiger partial charge in [0.1, 0.15) is 0 Å². The van der Waals surface area contributed by atoms with Crippen LogP contribution in [-0.4, -0.2) is 35.7 Å². The van der Waals surface area contributed by atoms with Gasteiger partial charge in [0, 0.05) is 44.5 Å². The van der Waals surface area contributed by atoms with Gasteiger partial charge in [-0.25, -0.2) is 4.98 Å². The SMILES string of the molecule is Cc1cc(CN2CCc3nc(N(C)C)sc3C2)on1. The second-order valence-corrected chi connectivity index (χ2v) is 6.22. The maximum absolute atomic E-state index is 5.29. The highest BCUT2D eigenvalue weighted by Gasteiger charge is 2.22. The Bertz CT molecular complexity index is 575. The molecule has 0 atom stereocenters. The Balaban J connectivity index is 1.71. The smallest absolute Gasteiger partial charge is 0.185 e. The summed E-state index contributed by atoms with van der Waals surface area (Å²) in [5.74, 6) is 0.943. The van der Waals surface area contributed by atoms with Crippen LogP contribution in [0.15, 0.2) is 10.6 Å². The van der Waals surface area contributed by atoms with Crippen molar-refractivity contribution in [3.05, 3.63) is 28.1 Å². The number of aromatic nitrogens is 2. The predicted molar refractivity (Wildman–Crippen MR) is 75.5 cm³/mol. The third kappa shape index (κ3) is 2.64. The highest BCUT2D eigenvalue weighted by molar-refractivity contribution is 7.15. The first-order valence-electron chi connectivity index (χ1n) is 6.42. The van der Waals surface area contributed by atoms with Gasteiger partial charge in [-0.2, -0.15) is 0 Å². The molecule has 0 spiro atoms. The summed E-state index contributed by atoms with van der Waals surface area (Å²) in [4.78, 5) is 10.5. The summed E-state index contributed by atoms with van der Waals surface area (Å²) < 4.78 is 5.29. The second-order valence-electron chi connectivity index (χ2n) is 5.16. The molecule has 1 aliphatic heterocycles. The third-order valence-corrected chi connectivity index (χ3v) is 4.49. The molecule has 102 valence electrons. The van der Waals surface area contributed by atoms with Crippen LogP contribution in [-0.2, 0) is 19.5 Å². The first-order valence-corrected chi connectivity index (χ1v) is 7.24. The number of fused-ring (bicyclic) bond motifs is 1. The van der Waals surface area contributed by atoms with Crippen LogP contribution in [0.3, 0.4) is 0 Å². The van der Waals surface area contributed by atoms with Gasteiger partial charge in [0.15, 0.2) is 10.9 Å². The molecular weight excluding hydrogens is 260 g/mol. The van der Waals surface area contributed by atoms with E-state index >= 15 is 0 Å². The number of hydrogen-bond acceptors (Lipinski definition) is 6. The van der Waals surface area contributed by atoms with Crippen molar-refractivity contribution in [2.24, 2.45) is 0 Å². The van der Waals surface area contributed by atoms with Crippen LogP contribution in [0.25, 0.3) is 0 Å². The van der Waals surface area contributed by atoms with Crippen molar-refractivity contribution >= 4 is 16.5 Å². The van der Waals surface area contributed by atoms with Crippen molar-refractivity contribution in [2.75, 3.05) is 25.5 Å². The van der Waals surface area contributed by atoms with Gasteiger partial charge < -0.3 is 9.42 Å². The monoisotopic (exact) mass is 278 g/mol. The lowest BCUT2D eigenvalue weighted by Gasteiger charge is -2.24. The van der Waals surface area contributed by atoms with E-state index in [4.69, 9.17) is 4.52 Å². The Morgan fingerprint density at radius 1 is 1.47 bits per heavy atom. The molecule has 0 bridgehead atoms. The molecule has 0 aliphatic carbocycles. The Morgan fingerprint density at radius 2 is 2.32 bits per heavy atom. The van der Waals surface area contributed by atoms with Crippen molar-refractivity contribution in [3.8, 4) is 0 Å². The highest BCUT2D eigenvalue weighted by Crippen LogP contribution is 2.30. The second kappa shape index (κ2) is 4.94. The normalized spacial score (nSPS) is 15.5. The van der Waals surface area contributed by atoms with Gasteiger partial charge in [-0.1, -0.05) is 5.16 Å². The zero-order chi connectivity index (χ0) is 13.4. The molecule has 0 saturated heterocycles. The minimum absolute atomic E-state index is 0.829. The summed E-state index contributed by atoms with van der Waals surface area (Å²) in [5, 5.41) is 5.04. The fourth-order valence-corrected chi connectivity index (χ4v) is 3.34. The molecule has 0 radical (unpaired) electrons. The molecule has 1 aliphatic rings. The van der Waals surface area contributed by atoms with E-state index in [1.165, 1.54) is 10.6 Å². The van der Waals surface area contributed by atoms with E-state index in [0.717, 1.165) is 42.6 Å². The van der Waals surface area contributed by atoms with E-state index in [2.05, 4.69) is 19.9 Å². The Morgan fingerprint density at radius 3 is 3.00 bits per heavy atom. The quantitative estimate of drug-likeness (QED) is 0.860. The fourth-order valence-electron chi connectivity index (χ4n) is 2.27. The maximum atomic E-state index is 5.29. The van der Waals surface area contributed by atoms with Gasteiger partial charge in [0.25, 0.3) is 0 Å². The predicted octanol–water partition coefficient (Wildman–Crippen LogP) is 2.06. The third-order valence-electron chi connectivity index (χ3n) is 3.24. The lowest BCUT2D eigenvalue weighted by atomic mass is 10.2. The number of aryl methyl sites for hydroxylation is 1. The van der Waals surface area contributed by atoms with Crippen molar-refractivity contribution in [1.29, 1.82) is 0 Å². The first kappa shape index (κ1) is 12.6. The van der Waals surface area contributed by atoms with E-state index in [1.54, 1.807) is 11.3 Å². The van der Waals surface area contributed by atoms with Crippen molar-refractivity contribution in [2.45, 2.75) is 26.4 Å². The molecule has 2 aromatic rings. The van der Waals surface area contributed by atoms with E-state index in [9.17, 15) is 0 Å². The summed E-state index contributed by atoms with van der Waals surface area (Å²) in [6.45, 7) is 4.77. The Kier molecular flexibility index (Phi) is 3.28. The maximum Gasteiger partial charge on any atom is 0.185 e. The van der Waals surface area contributed by atoms with E-state index in [-0.39, 0.29) is 0 Å². The molecule has 0 amide bonds. The van der Waals surface area contributed by atoms with Gasteiger partial charge >= 0.3 is 0 Å². The molecule has 3 heterocycles. The van der Waals surface area contributed by atoms with Crippen molar-refractivity contribution < 1.29 is 4.52 Å². The molecule has 6 heteroatoms. The van der Waals surface area contributed by atoms with Crippen LogP contribution in [0, 0.1) is 6.92 Å². The molecule has 5 nitrogen and oxygen atoms in total. The van der Waals surface area contributed by atoms with Crippen molar-refractivity contribution in [1.82, 2.24) is 15.0 Å². The van der Waals surface area contributed by atoms with E-state index in [1.807, 2.05) is 27.1 Å². The van der Waals surface area contributed by atoms with Crippen LogP contribution in [0.1, 0.15) is 22.0 Å². The zero-order valence-electron chi connectivity index (χ0n) is 11.5. The summed E-state index contributed by atoms with van der Waals surface area (Å²) in [6, 6.07) is 2.01. The van der Waals surface area contributed by atoms with Crippen molar-refractivity contribution in [3.63, 3.8) is 0 Å². The molecule has 0 fully saturated rings. The average Bonchev–Trinajstić information content (AvgIpc) is 2.95. The first-order chi connectivity index (χ1) is 9.11. The average molecular weight is 278 g/mol. The van der Waals surface area contributed by atoms with Gasteiger partial charge in [0.05, 0.1) is 17.9 Å². The van der Waals surface area contributed by atoms with Crippen LogP contribution in [0.5, 0.6) is 0 Å². The zero-order valence-corrected chi connectivity index (χ0v) is 12.3. The number of hydrogen-bond donors (Lipinski definition) is 0. The van der Waals surface area contributed by atoms with Crippen LogP contribution in [0.4, 0.5) is 5.13 Å². The standard InChI is InChI=1S/C13H18N4OS/c1-9-6-10(18-15-9)7-17-5-4-11-12(8-17)19-13(14-11)16(2)3/h6H,4-5,7-8H2,1-3H3. The molecular formula is C13H18N4OS. The molecule has 2 aromatic heterocycles. The van der Waals surface area contributed by atoms with Crippen LogP contribution < -0.4 is 4.90 Å². The van der Waals surface area contributed by atoms with Crippen LogP contribution in [0.2, 0.25) is 0 Å². The minimum atomic E-state index is 0.829. The molecule has 0 saturated carbocycles. The number of thiazole rings is 1. The van der Waals surface area contributed by atoms with Gasteiger partial charge in [-0.05, 0) is 6.92 Å². The molecule has 19 heavy (non-hydrogen) atoms. The van der Waals surface area contributed by atoms with Crippen LogP contribution >= 0.6 is 11.3 Å². The summed E-state index contributed by atoms with van der Waals surface area (Å²) >= 11 is 1.79. The minimum Gasteiger partial charge on any atom is -0.360 e. The Labute approximate surface area is 116 Å². The van der Waals surface area contributed by atoms with E-state index < -0.39 is 0 Å². The summed E-state index contributed by atoms with van der Waals surface area (Å²) in [5.41, 5.74) is 2.21. The summed E-state index contributed by atoms with van der Waals surface area (Å²) in [6.07, 6.45) is 1.02. The topological polar surface area (TPSA) is 45.4 Å². The molecule has 3 rings (SSSR count). The van der Waals surface area contributed by atoms with E-state index in [0.29, 0.717) is 0 Å². The lowest BCUT2D eigenvalue weighted by Crippen LogP contribution is -2.29. The van der Waals surface area contributed by atoms with Gasteiger partial charge in [-0.3, -0.25) is 4.90 Å². The molecule has 0 N–H and O–H groups in total. The highest BCUT2D eigenvalue weighted by atomic mass is 32.1. The number of anilines is 1. The number of rotatable bonds is 3. The molecule has 0 aromatic carbocycles. The molecule has 0 unspecified atom stereocenters. The van der Waals surface area contributed by atoms with Gasteiger partial charge in [-0.15, -0.1) is 11.3 Å². The lowest BCUT2D eigenvalue weighted by molar-refractivity contribution is 0.216. The number of nitrogens with zero attached hydrogens (tertiary/aromatic N) is 4.